The number of rotatable bonds is 7. The van der Waals surface area contributed by atoms with E-state index in [1.54, 1.807) is 6.92 Å². The Bertz CT molecular complexity index is 879. The molecule has 2 N–H and O–H groups in total. The predicted octanol–water partition coefficient (Wildman–Crippen LogP) is 4.08. The van der Waals surface area contributed by atoms with Crippen LogP contribution in [0.3, 0.4) is 0 Å². The molecule has 0 aromatic heterocycles. The molecule has 2 aromatic carbocycles. The molecule has 29 heavy (non-hydrogen) atoms. The number of carbonyl (C=O) groups is 2. The second kappa shape index (κ2) is 10.2. The minimum Gasteiger partial charge on any atom is -0.496 e. The number of allylic oxidation sites excluding steroid dienone is 1. The Morgan fingerprint density at radius 3 is 2.52 bits per heavy atom. The van der Waals surface area contributed by atoms with E-state index in [0.717, 1.165) is 11.3 Å². The van der Waals surface area contributed by atoms with Gasteiger partial charge in [-0.15, -0.1) is 11.8 Å². The zero-order valence-electron chi connectivity index (χ0n) is 16.7. The molecule has 0 radical (unpaired) electrons. The highest BCUT2D eigenvalue weighted by Gasteiger charge is 2.18. The van der Waals surface area contributed by atoms with E-state index >= 15 is 0 Å². The summed E-state index contributed by atoms with van der Waals surface area (Å²) in [6.45, 7) is 5.14. The molecule has 0 unspecified atom stereocenters. The van der Waals surface area contributed by atoms with Crippen molar-refractivity contribution < 1.29 is 14.3 Å². The smallest absolute Gasteiger partial charge is 0.265 e. The van der Waals surface area contributed by atoms with Gasteiger partial charge in [0.15, 0.2) is 0 Å². The van der Waals surface area contributed by atoms with Gasteiger partial charge in [-0.25, -0.2) is 0 Å². The molecule has 3 rings (SSSR count). The lowest BCUT2D eigenvalue weighted by Gasteiger charge is -2.17. The highest BCUT2D eigenvalue weighted by atomic mass is 32.2. The summed E-state index contributed by atoms with van der Waals surface area (Å²) in [6.07, 6.45) is 0.309. The summed E-state index contributed by atoms with van der Waals surface area (Å²) < 4.78 is 5.43. The molecule has 1 heterocycles. The molecule has 1 aliphatic rings. The molecule has 5 nitrogen and oxygen atoms in total. The van der Waals surface area contributed by atoms with Crippen LogP contribution in [0.25, 0.3) is 0 Å². The molecule has 0 fully saturated rings. The zero-order valence-corrected chi connectivity index (χ0v) is 17.6. The van der Waals surface area contributed by atoms with Gasteiger partial charge in [-0.1, -0.05) is 49.4 Å². The van der Waals surface area contributed by atoms with Crippen molar-refractivity contribution in [1.82, 2.24) is 5.32 Å². The molecule has 0 saturated carbocycles. The Morgan fingerprint density at radius 2 is 1.83 bits per heavy atom. The van der Waals surface area contributed by atoms with Crippen molar-refractivity contribution in [1.29, 1.82) is 0 Å². The van der Waals surface area contributed by atoms with Crippen LogP contribution in [0.15, 0.2) is 65.3 Å². The maximum Gasteiger partial charge on any atom is 0.265 e. The second-order valence-corrected chi connectivity index (χ2v) is 8.13. The summed E-state index contributed by atoms with van der Waals surface area (Å²) in [6, 6.07) is 17.5. The Kier molecular flexibility index (Phi) is 7.36. The molecule has 152 valence electrons. The van der Waals surface area contributed by atoms with Crippen molar-refractivity contribution >= 4 is 29.3 Å². The molecule has 0 aliphatic carbocycles. The molecule has 2 aromatic rings. The number of nitrogens with one attached hydrogen (secondary N) is 2. The van der Waals surface area contributed by atoms with Gasteiger partial charge in [0, 0.05) is 18.0 Å². The van der Waals surface area contributed by atoms with Crippen LogP contribution in [0.4, 0.5) is 5.69 Å². The summed E-state index contributed by atoms with van der Waals surface area (Å²) in [4.78, 5) is 25.2. The first-order chi connectivity index (χ1) is 14.0. The van der Waals surface area contributed by atoms with Crippen LogP contribution in [0.1, 0.15) is 30.9 Å². The number of thioether (sulfide) groups is 1. The molecule has 1 atom stereocenters. The van der Waals surface area contributed by atoms with Crippen LogP contribution in [-0.2, 0) is 20.7 Å². The van der Waals surface area contributed by atoms with Crippen LogP contribution in [0, 0.1) is 0 Å². The van der Waals surface area contributed by atoms with Crippen molar-refractivity contribution in [3.05, 3.63) is 76.4 Å². The maximum atomic E-state index is 12.4. The Hall–Kier alpha value is -2.73. The number of carbonyl (C=O) groups excluding carboxylic acids is 2. The Morgan fingerprint density at radius 1 is 1.10 bits per heavy atom. The summed E-state index contributed by atoms with van der Waals surface area (Å²) in [5.74, 6) is 1.53. The first kappa shape index (κ1) is 21.0. The quantitative estimate of drug-likeness (QED) is 0.722. The Labute approximate surface area is 175 Å². The fraction of sp³-hybridized carbons (Fsp3) is 0.304. The van der Waals surface area contributed by atoms with Crippen LogP contribution in [-0.4, -0.2) is 30.7 Å². The van der Waals surface area contributed by atoms with E-state index in [1.165, 1.54) is 17.3 Å². The number of hydrogen-bond acceptors (Lipinski definition) is 4. The van der Waals surface area contributed by atoms with E-state index in [-0.39, 0.29) is 17.7 Å². The third-order valence-corrected chi connectivity index (χ3v) is 5.86. The SMILES string of the molecule is CC1=C(C(=O)Nc2ccc(CC(=O)NC[C@@H](C)c3ccccc3)cc2)SCCO1. The molecule has 6 heteroatoms. The summed E-state index contributed by atoms with van der Waals surface area (Å²) >= 11 is 1.51. The molecular formula is C23H26N2O3S. The predicted molar refractivity (Wildman–Crippen MR) is 118 cm³/mol. The minimum absolute atomic E-state index is 0.0129. The van der Waals surface area contributed by atoms with Gasteiger partial charge < -0.3 is 15.4 Å². The third kappa shape index (κ3) is 6.12. The van der Waals surface area contributed by atoms with Gasteiger partial charge in [0.2, 0.25) is 5.91 Å². The molecule has 0 bridgehead atoms. The van der Waals surface area contributed by atoms with Gasteiger partial charge in [-0.3, -0.25) is 9.59 Å². The molecular weight excluding hydrogens is 384 g/mol. The Balaban J connectivity index is 1.48. The van der Waals surface area contributed by atoms with Gasteiger partial charge >= 0.3 is 0 Å². The van der Waals surface area contributed by atoms with Crippen molar-refractivity contribution in [3.8, 4) is 0 Å². The summed E-state index contributed by atoms with van der Waals surface area (Å²) in [5.41, 5.74) is 2.81. The number of ether oxygens (including phenoxy) is 1. The number of hydrogen-bond donors (Lipinski definition) is 2. The van der Waals surface area contributed by atoms with E-state index in [4.69, 9.17) is 4.74 Å². The molecule has 1 aliphatic heterocycles. The lowest BCUT2D eigenvalue weighted by molar-refractivity contribution is -0.120. The summed E-state index contributed by atoms with van der Waals surface area (Å²) in [5, 5.41) is 5.88. The first-order valence-corrected chi connectivity index (χ1v) is 10.7. The average Bonchev–Trinajstić information content (AvgIpc) is 2.74. The lowest BCUT2D eigenvalue weighted by atomic mass is 10.0. The van der Waals surface area contributed by atoms with Crippen molar-refractivity contribution in [2.24, 2.45) is 0 Å². The van der Waals surface area contributed by atoms with Crippen LogP contribution in [0.5, 0.6) is 0 Å². The van der Waals surface area contributed by atoms with E-state index in [0.29, 0.717) is 35.9 Å². The topological polar surface area (TPSA) is 67.4 Å². The van der Waals surface area contributed by atoms with E-state index in [9.17, 15) is 9.59 Å². The van der Waals surface area contributed by atoms with E-state index in [2.05, 4.69) is 29.7 Å². The highest BCUT2D eigenvalue weighted by molar-refractivity contribution is 8.04. The van der Waals surface area contributed by atoms with Gasteiger partial charge in [0.05, 0.1) is 13.0 Å². The molecule has 2 amide bonds. The van der Waals surface area contributed by atoms with Crippen molar-refractivity contribution in [2.45, 2.75) is 26.2 Å². The van der Waals surface area contributed by atoms with Gasteiger partial charge in [-0.05, 0) is 36.1 Å². The van der Waals surface area contributed by atoms with Crippen LogP contribution < -0.4 is 10.6 Å². The fourth-order valence-electron chi connectivity index (χ4n) is 3.04. The number of benzene rings is 2. The van der Waals surface area contributed by atoms with Crippen LogP contribution in [0.2, 0.25) is 0 Å². The largest absolute Gasteiger partial charge is 0.496 e. The second-order valence-electron chi connectivity index (χ2n) is 7.03. The summed E-state index contributed by atoms with van der Waals surface area (Å²) in [7, 11) is 0. The van der Waals surface area contributed by atoms with E-state index in [1.807, 2.05) is 42.5 Å². The highest BCUT2D eigenvalue weighted by Crippen LogP contribution is 2.26. The fourth-order valence-corrected chi connectivity index (χ4v) is 3.85. The first-order valence-electron chi connectivity index (χ1n) is 9.71. The normalized spacial score (nSPS) is 14.7. The minimum atomic E-state index is -0.160. The number of anilines is 1. The van der Waals surface area contributed by atoms with Gasteiger partial charge in [0.1, 0.15) is 10.7 Å². The number of amides is 2. The molecule has 0 saturated heterocycles. The van der Waals surface area contributed by atoms with Crippen molar-refractivity contribution in [3.63, 3.8) is 0 Å². The molecule has 0 spiro atoms. The lowest BCUT2D eigenvalue weighted by Crippen LogP contribution is -2.28. The standard InChI is InChI=1S/C23H26N2O3S/c1-16(19-6-4-3-5-7-19)15-24-21(26)14-18-8-10-20(11-9-18)25-23(27)22-17(2)28-12-13-29-22/h3-11,16H,12-15H2,1-2H3,(H,24,26)(H,25,27)/t16-/m1/s1. The average molecular weight is 411 g/mol. The maximum absolute atomic E-state index is 12.4. The van der Waals surface area contributed by atoms with E-state index < -0.39 is 0 Å². The monoisotopic (exact) mass is 410 g/mol. The zero-order chi connectivity index (χ0) is 20.6. The van der Waals surface area contributed by atoms with Crippen molar-refractivity contribution in [2.75, 3.05) is 24.2 Å². The van der Waals surface area contributed by atoms with Crippen LogP contribution >= 0.6 is 11.8 Å². The van der Waals surface area contributed by atoms with Gasteiger partial charge in [0.25, 0.3) is 5.91 Å². The third-order valence-electron chi connectivity index (χ3n) is 4.72. The van der Waals surface area contributed by atoms with Gasteiger partial charge in [-0.2, -0.15) is 0 Å².